The highest BCUT2D eigenvalue weighted by molar-refractivity contribution is 5.55. The van der Waals surface area contributed by atoms with E-state index in [0.29, 0.717) is 24.8 Å². The summed E-state index contributed by atoms with van der Waals surface area (Å²) in [6.07, 6.45) is 1.63. The lowest BCUT2D eigenvalue weighted by Crippen LogP contribution is -2.36. The molecule has 1 aromatic heterocycles. The molecule has 1 aromatic carbocycles. The second-order valence-electron chi connectivity index (χ2n) is 4.59. The van der Waals surface area contributed by atoms with Crippen molar-refractivity contribution in [3.8, 4) is 0 Å². The highest BCUT2D eigenvalue weighted by Gasteiger charge is 2.13. The zero-order valence-corrected chi connectivity index (χ0v) is 11.2. The SMILES string of the molecule is Fc1ccc(Nc2nccc(N3CCOCC3)n2)cc1F. The Morgan fingerprint density at radius 2 is 1.90 bits per heavy atom. The van der Waals surface area contributed by atoms with Crippen LogP contribution >= 0.6 is 0 Å². The van der Waals surface area contributed by atoms with Crippen molar-refractivity contribution in [1.82, 2.24) is 9.97 Å². The summed E-state index contributed by atoms with van der Waals surface area (Å²) in [5.74, 6) is -0.684. The Hall–Kier alpha value is -2.28. The molecule has 1 aliphatic rings. The lowest BCUT2D eigenvalue weighted by molar-refractivity contribution is 0.122. The van der Waals surface area contributed by atoms with Crippen LogP contribution in [0.25, 0.3) is 0 Å². The van der Waals surface area contributed by atoms with Gasteiger partial charge in [-0.3, -0.25) is 0 Å². The molecule has 110 valence electrons. The van der Waals surface area contributed by atoms with Gasteiger partial charge in [0.1, 0.15) is 5.82 Å². The fourth-order valence-corrected chi connectivity index (χ4v) is 2.08. The lowest BCUT2D eigenvalue weighted by Gasteiger charge is -2.27. The minimum atomic E-state index is -0.913. The third kappa shape index (κ3) is 3.25. The molecule has 0 unspecified atom stereocenters. The normalized spacial score (nSPS) is 15.0. The first-order valence-electron chi connectivity index (χ1n) is 6.60. The first-order valence-corrected chi connectivity index (χ1v) is 6.60. The molecule has 0 aliphatic carbocycles. The summed E-state index contributed by atoms with van der Waals surface area (Å²) in [6, 6.07) is 5.37. The van der Waals surface area contributed by atoms with Gasteiger partial charge in [0.2, 0.25) is 5.95 Å². The van der Waals surface area contributed by atoms with Gasteiger partial charge in [0.05, 0.1) is 13.2 Å². The van der Waals surface area contributed by atoms with Crippen LogP contribution in [-0.4, -0.2) is 36.3 Å². The van der Waals surface area contributed by atoms with Crippen LogP contribution in [0.3, 0.4) is 0 Å². The van der Waals surface area contributed by atoms with E-state index in [0.717, 1.165) is 31.0 Å². The number of anilines is 3. The Morgan fingerprint density at radius 1 is 1.10 bits per heavy atom. The van der Waals surface area contributed by atoms with Crippen LogP contribution in [-0.2, 0) is 4.74 Å². The average molecular weight is 292 g/mol. The summed E-state index contributed by atoms with van der Waals surface area (Å²) in [7, 11) is 0. The number of benzene rings is 1. The average Bonchev–Trinajstić information content (AvgIpc) is 2.52. The highest BCUT2D eigenvalue weighted by atomic mass is 19.2. The van der Waals surface area contributed by atoms with E-state index in [1.165, 1.54) is 6.07 Å². The minimum absolute atomic E-state index is 0.338. The molecule has 1 N–H and O–H groups in total. The number of nitrogens with zero attached hydrogens (tertiary/aromatic N) is 3. The third-order valence-corrected chi connectivity index (χ3v) is 3.15. The van der Waals surface area contributed by atoms with E-state index in [4.69, 9.17) is 4.74 Å². The summed E-state index contributed by atoms with van der Waals surface area (Å²) >= 11 is 0. The molecule has 2 aromatic rings. The standard InChI is InChI=1S/C14H14F2N4O/c15-11-2-1-10(9-12(11)16)18-14-17-4-3-13(19-14)20-5-7-21-8-6-20/h1-4,9H,5-8H2,(H,17,18,19). The fraction of sp³-hybridized carbons (Fsp3) is 0.286. The second kappa shape index (κ2) is 6.01. The van der Waals surface area contributed by atoms with Crippen molar-refractivity contribution in [2.75, 3.05) is 36.5 Å². The first-order chi connectivity index (χ1) is 10.2. The summed E-state index contributed by atoms with van der Waals surface area (Å²) in [4.78, 5) is 10.5. The van der Waals surface area contributed by atoms with Gasteiger partial charge in [-0.15, -0.1) is 0 Å². The third-order valence-electron chi connectivity index (χ3n) is 3.15. The Morgan fingerprint density at radius 3 is 2.67 bits per heavy atom. The zero-order valence-electron chi connectivity index (χ0n) is 11.2. The number of halogens is 2. The zero-order chi connectivity index (χ0) is 14.7. The van der Waals surface area contributed by atoms with Crippen molar-refractivity contribution in [2.45, 2.75) is 0 Å². The molecule has 5 nitrogen and oxygen atoms in total. The topological polar surface area (TPSA) is 50.3 Å². The number of hydrogen-bond acceptors (Lipinski definition) is 5. The van der Waals surface area contributed by atoms with Crippen LogP contribution in [0, 0.1) is 11.6 Å². The van der Waals surface area contributed by atoms with Gasteiger partial charge in [-0.05, 0) is 18.2 Å². The fourth-order valence-electron chi connectivity index (χ4n) is 2.08. The van der Waals surface area contributed by atoms with E-state index < -0.39 is 11.6 Å². The van der Waals surface area contributed by atoms with Gasteiger partial charge in [0.15, 0.2) is 11.6 Å². The van der Waals surface area contributed by atoms with Crippen LogP contribution in [0.5, 0.6) is 0 Å². The predicted molar refractivity (Wildman–Crippen MR) is 74.7 cm³/mol. The maximum absolute atomic E-state index is 13.2. The smallest absolute Gasteiger partial charge is 0.229 e. The van der Waals surface area contributed by atoms with Crippen LogP contribution in [0.4, 0.5) is 26.2 Å². The largest absolute Gasteiger partial charge is 0.378 e. The van der Waals surface area contributed by atoms with E-state index >= 15 is 0 Å². The Kier molecular flexibility index (Phi) is 3.92. The van der Waals surface area contributed by atoms with E-state index in [2.05, 4.69) is 20.2 Å². The van der Waals surface area contributed by atoms with Gasteiger partial charge >= 0.3 is 0 Å². The molecule has 1 saturated heterocycles. The van der Waals surface area contributed by atoms with E-state index in [1.54, 1.807) is 6.20 Å². The molecule has 0 bridgehead atoms. The van der Waals surface area contributed by atoms with E-state index in [-0.39, 0.29) is 0 Å². The molecule has 0 atom stereocenters. The Labute approximate surface area is 120 Å². The molecule has 0 saturated carbocycles. The Bertz CT molecular complexity index is 632. The van der Waals surface area contributed by atoms with Gasteiger partial charge in [-0.1, -0.05) is 0 Å². The van der Waals surface area contributed by atoms with Gasteiger partial charge in [0, 0.05) is 31.0 Å². The van der Waals surface area contributed by atoms with Crippen molar-refractivity contribution >= 4 is 17.5 Å². The molecule has 0 radical (unpaired) electrons. The molecule has 7 heteroatoms. The monoisotopic (exact) mass is 292 g/mol. The first kappa shape index (κ1) is 13.7. The molecular weight excluding hydrogens is 278 g/mol. The summed E-state index contributed by atoms with van der Waals surface area (Å²) in [5, 5.41) is 2.86. The van der Waals surface area contributed by atoms with Crippen molar-refractivity contribution in [3.05, 3.63) is 42.1 Å². The number of morpholine rings is 1. The Balaban J connectivity index is 1.77. The van der Waals surface area contributed by atoms with Crippen molar-refractivity contribution in [3.63, 3.8) is 0 Å². The maximum Gasteiger partial charge on any atom is 0.229 e. The minimum Gasteiger partial charge on any atom is -0.378 e. The highest BCUT2D eigenvalue weighted by Crippen LogP contribution is 2.19. The van der Waals surface area contributed by atoms with Crippen LogP contribution < -0.4 is 10.2 Å². The predicted octanol–water partition coefficient (Wildman–Crippen LogP) is 2.33. The van der Waals surface area contributed by atoms with E-state index in [1.807, 2.05) is 6.07 Å². The molecule has 1 aliphatic heterocycles. The van der Waals surface area contributed by atoms with Crippen molar-refractivity contribution in [1.29, 1.82) is 0 Å². The summed E-state index contributed by atoms with van der Waals surface area (Å²) < 4.78 is 31.4. The second-order valence-corrected chi connectivity index (χ2v) is 4.59. The molecule has 0 spiro atoms. The number of aromatic nitrogens is 2. The molecule has 0 amide bonds. The van der Waals surface area contributed by atoms with Crippen molar-refractivity contribution in [2.24, 2.45) is 0 Å². The lowest BCUT2D eigenvalue weighted by atomic mass is 10.3. The molecule has 21 heavy (non-hydrogen) atoms. The maximum atomic E-state index is 13.2. The van der Waals surface area contributed by atoms with Gasteiger partial charge in [0.25, 0.3) is 0 Å². The molecule has 1 fully saturated rings. The van der Waals surface area contributed by atoms with Crippen LogP contribution in [0.2, 0.25) is 0 Å². The van der Waals surface area contributed by atoms with Crippen LogP contribution in [0.1, 0.15) is 0 Å². The number of hydrogen-bond donors (Lipinski definition) is 1. The van der Waals surface area contributed by atoms with Gasteiger partial charge < -0.3 is 15.0 Å². The summed E-state index contributed by atoms with van der Waals surface area (Å²) in [5.41, 5.74) is 0.396. The number of nitrogens with one attached hydrogen (secondary N) is 1. The molecule has 3 rings (SSSR count). The summed E-state index contributed by atoms with van der Waals surface area (Å²) in [6.45, 7) is 2.86. The molecule has 2 heterocycles. The number of rotatable bonds is 3. The van der Waals surface area contributed by atoms with Gasteiger partial charge in [-0.25, -0.2) is 13.8 Å². The quantitative estimate of drug-likeness (QED) is 0.941. The number of ether oxygens (including phenoxy) is 1. The van der Waals surface area contributed by atoms with Crippen LogP contribution in [0.15, 0.2) is 30.5 Å². The van der Waals surface area contributed by atoms with Gasteiger partial charge in [-0.2, -0.15) is 4.98 Å². The van der Waals surface area contributed by atoms with Crippen molar-refractivity contribution < 1.29 is 13.5 Å². The van der Waals surface area contributed by atoms with E-state index in [9.17, 15) is 8.78 Å². The molecular formula is C14H14F2N4O.